The van der Waals surface area contributed by atoms with Gasteiger partial charge in [-0.25, -0.2) is 0 Å². The number of rotatable bonds is 6. The standard InChI is InChI=1S/C23H34BN/c1-2-12-20(13-3-1)23(18-19-10-4-5-11-19)25-24(21-14-6-7-15-21)22-16-8-9-17-22/h1-3,12-13,19,21-22H,4-11,14-18H2/b25-23+. The van der Waals surface area contributed by atoms with Crippen molar-refractivity contribution in [3.05, 3.63) is 35.9 Å². The zero-order chi connectivity index (χ0) is 16.9. The normalized spacial score (nSPS) is 23.6. The van der Waals surface area contributed by atoms with Gasteiger partial charge in [0.15, 0.2) is 0 Å². The Morgan fingerprint density at radius 3 is 1.84 bits per heavy atom. The highest BCUT2D eigenvalue weighted by atomic mass is 14.7. The molecule has 0 heterocycles. The second-order valence-electron chi connectivity index (χ2n) is 8.88. The molecule has 3 saturated carbocycles. The summed E-state index contributed by atoms with van der Waals surface area (Å²) >= 11 is 0. The Hall–Kier alpha value is -1.05. The predicted octanol–water partition coefficient (Wildman–Crippen LogP) is 6.94. The van der Waals surface area contributed by atoms with Crippen molar-refractivity contribution in [2.75, 3.05) is 0 Å². The van der Waals surface area contributed by atoms with E-state index in [2.05, 4.69) is 30.3 Å². The van der Waals surface area contributed by atoms with Crippen molar-refractivity contribution in [3.63, 3.8) is 0 Å². The molecule has 4 rings (SSSR count). The maximum atomic E-state index is 5.59. The fourth-order valence-electron chi connectivity index (χ4n) is 5.74. The van der Waals surface area contributed by atoms with E-state index in [1.54, 1.807) is 0 Å². The fourth-order valence-corrected chi connectivity index (χ4v) is 5.74. The van der Waals surface area contributed by atoms with Gasteiger partial charge in [0.05, 0.1) is 0 Å². The summed E-state index contributed by atoms with van der Waals surface area (Å²) in [6.45, 7) is 0.613. The van der Waals surface area contributed by atoms with Crippen LogP contribution in [-0.4, -0.2) is 12.6 Å². The van der Waals surface area contributed by atoms with Crippen molar-refractivity contribution in [2.45, 2.75) is 95.1 Å². The first-order valence-corrected chi connectivity index (χ1v) is 11.0. The van der Waals surface area contributed by atoms with E-state index in [0.29, 0.717) is 6.85 Å². The first-order chi connectivity index (χ1) is 12.4. The largest absolute Gasteiger partial charge is 0.345 e. The summed E-state index contributed by atoms with van der Waals surface area (Å²) in [7, 11) is 0. The molecule has 0 radical (unpaired) electrons. The summed E-state index contributed by atoms with van der Waals surface area (Å²) in [6, 6.07) is 11.1. The summed E-state index contributed by atoms with van der Waals surface area (Å²) in [4.78, 5) is 5.59. The molecule has 2 heteroatoms. The zero-order valence-electron chi connectivity index (χ0n) is 15.8. The number of hydrogen-bond acceptors (Lipinski definition) is 1. The highest BCUT2D eigenvalue weighted by Crippen LogP contribution is 2.44. The summed E-state index contributed by atoms with van der Waals surface area (Å²) in [5, 5.41) is 0. The van der Waals surface area contributed by atoms with Crippen molar-refractivity contribution in [3.8, 4) is 0 Å². The van der Waals surface area contributed by atoms with Crippen LogP contribution in [0.2, 0.25) is 11.6 Å². The van der Waals surface area contributed by atoms with Gasteiger partial charge in [0, 0.05) is 5.71 Å². The van der Waals surface area contributed by atoms with Crippen molar-refractivity contribution in [2.24, 2.45) is 10.8 Å². The van der Waals surface area contributed by atoms with E-state index in [4.69, 9.17) is 4.90 Å². The van der Waals surface area contributed by atoms with Gasteiger partial charge in [0.2, 0.25) is 0 Å². The van der Waals surface area contributed by atoms with Crippen LogP contribution >= 0.6 is 0 Å². The number of hydrogen-bond donors (Lipinski definition) is 0. The van der Waals surface area contributed by atoms with Gasteiger partial charge < -0.3 is 4.90 Å². The molecule has 0 atom stereocenters. The van der Waals surface area contributed by atoms with Gasteiger partial charge >= 0.3 is 0 Å². The van der Waals surface area contributed by atoms with E-state index in [-0.39, 0.29) is 0 Å². The lowest BCUT2D eigenvalue weighted by Crippen LogP contribution is -2.25. The van der Waals surface area contributed by atoms with Gasteiger partial charge in [0.1, 0.15) is 0 Å². The third-order valence-electron chi connectivity index (χ3n) is 7.13. The molecule has 0 N–H and O–H groups in total. The van der Waals surface area contributed by atoms with Crippen LogP contribution in [0, 0.1) is 5.92 Å². The van der Waals surface area contributed by atoms with Crippen molar-refractivity contribution in [1.29, 1.82) is 0 Å². The summed E-state index contributed by atoms with van der Waals surface area (Å²) in [6.07, 6.45) is 18.4. The minimum atomic E-state index is 0.613. The molecular formula is C23H34BN. The van der Waals surface area contributed by atoms with E-state index in [0.717, 1.165) is 17.6 Å². The Bertz CT molecular complexity index is 533. The van der Waals surface area contributed by atoms with Gasteiger partial charge in [-0.2, -0.15) is 0 Å². The van der Waals surface area contributed by atoms with Crippen molar-refractivity contribution in [1.82, 2.24) is 0 Å². The van der Waals surface area contributed by atoms with Crippen LogP contribution in [0.1, 0.15) is 89.0 Å². The molecule has 0 aromatic heterocycles. The molecule has 1 aromatic carbocycles. The maximum absolute atomic E-state index is 5.59. The molecule has 3 fully saturated rings. The van der Waals surface area contributed by atoms with E-state index < -0.39 is 0 Å². The van der Waals surface area contributed by atoms with Crippen molar-refractivity contribution >= 4 is 12.6 Å². The lowest BCUT2D eigenvalue weighted by molar-refractivity contribution is 0.573. The molecule has 3 aliphatic rings. The lowest BCUT2D eigenvalue weighted by Gasteiger charge is -2.24. The minimum Gasteiger partial charge on any atom is -0.345 e. The molecule has 0 bridgehead atoms. The van der Waals surface area contributed by atoms with E-state index in [9.17, 15) is 0 Å². The quantitative estimate of drug-likeness (QED) is 0.394. The zero-order valence-corrected chi connectivity index (χ0v) is 15.8. The lowest BCUT2D eigenvalue weighted by atomic mass is 9.42. The first kappa shape index (κ1) is 17.4. The van der Waals surface area contributed by atoms with Crippen LogP contribution in [0.3, 0.4) is 0 Å². The second-order valence-corrected chi connectivity index (χ2v) is 8.88. The van der Waals surface area contributed by atoms with Crippen LogP contribution < -0.4 is 0 Å². The third kappa shape index (κ3) is 4.38. The van der Waals surface area contributed by atoms with Crippen molar-refractivity contribution < 1.29 is 0 Å². The molecule has 0 unspecified atom stereocenters. The highest BCUT2D eigenvalue weighted by Gasteiger charge is 2.37. The highest BCUT2D eigenvalue weighted by molar-refractivity contribution is 6.62. The monoisotopic (exact) mass is 335 g/mol. The first-order valence-electron chi connectivity index (χ1n) is 11.0. The average molecular weight is 335 g/mol. The van der Waals surface area contributed by atoms with Crippen LogP contribution in [0.4, 0.5) is 0 Å². The molecule has 134 valence electrons. The summed E-state index contributed by atoms with van der Waals surface area (Å²) in [5.74, 6) is 2.61. The van der Waals surface area contributed by atoms with E-state index in [1.165, 1.54) is 94.7 Å². The molecule has 1 aromatic rings. The minimum absolute atomic E-state index is 0.613. The smallest absolute Gasteiger partial charge is 0.285 e. The maximum Gasteiger partial charge on any atom is 0.285 e. The number of benzene rings is 1. The van der Waals surface area contributed by atoms with Crippen LogP contribution in [0.15, 0.2) is 35.2 Å². The molecule has 1 nitrogen and oxygen atoms in total. The SMILES string of the molecule is c1ccc(/C(CC2CCCC2)=N/B(C2CCCC2)C2CCCC2)cc1. The average Bonchev–Trinajstić information content (AvgIpc) is 3.43. The van der Waals surface area contributed by atoms with Gasteiger partial charge in [-0.3, -0.25) is 0 Å². The van der Waals surface area contributed by atoms with Gasteiger partial charge in [-0.15, -0.1) is 0 Å². The molecule has 0 amide bonds. The molecule has 0 saturated heterocycles. The molecule has 0 spiro atoms. The molecular weight excluding hydrogens is 301 g/mol. The summed E-state index contributed by atoms with van der Waals surface area (Å²) < 4.78 is 0. The number of nitrogens with zero attached hydrogens (tertiary/aromatic N) is 1. The van der Waals surface area contributed by atoms with E-state index >= 15 is 0 Å². The summed E-state index contributed by atoms with van der Waals surface area (Å²) in [5.41, 5.74) is 2.84. The topological polar surface area (TPSA) is 12.4 Å². The molecule has 25 heavy (non-hydrogen) atoms. The van der Waals surface area contributed by atoms with Gasteiger partial charge in [-0.1, -0.05) is 107 Å². The van der Waals surface area contributed by atoms with Gasteiger partial charge in [0.25, 0.3) is 6.85 Å². The third-order valence-corrected chi connectivity index (χ3v) is 7.13. The second kappa shape index (κ2) is 8.56. The van der Waals surface area contributed by atoms with Crippen LogP contribution in [-0.2, 0) is 0 Å². The fraction of sp³-hybridized carbons (Fsp3) is 0.696. The Morgan fingerprint density at radius 1 is 0.760 bits per heavy atom. The van der Waals surface area contributed by atoms with Crippen LogP contribution in [0.5, 0.6) is 0 Å². The molecule has 0 aliphatic heterocycles. The van der Waals surface area contributed by atoms with Crippen LogP contribution in [0.25, 0.3) is 0 Å². The Morgan fingerprint density at radius 2 is 1.28 bits per heavy atom. The predicted molar refractivity (Wildman–Crippen MR) is 110 cm³/mol. The Kier molecular flexibility index (Phi) is 5.95. The Labute approximate surface area is 154 Å². The van der Waals surface area contributed by atoms with E-state index in [1.807, 2.05) is 0 Å². The van der Waals surface area contributed by atoms with Gasteiger partial charge in [-0.05, 0) is 29.5 Å². The molecule has 3 aliphatic carbocycles. The Balaban J connectivity index is 1.61.